The van der Waals surface area contributed by atoms with Gasteiger partial charge >= 0.3 is 0 Å². The number of para-hydroxylation sites is 1. The van der Waals surface area contributed by atoms with Crippen LogP contribution in [0.1, 0.15) is 54.2 Å². The number of thioether (sulfide) groups is 1. The van der Waals surface area contributed by atoms with Gasteiger partial charge < -0.3 is 4.57 Å². The topological polar surface area (TPSA) is 43.6 Å². The van der Waals surface area contributed by atoms with E-state index in [1.54, 1.807) is 4.91 Å². The van der Waals surface area contributed by atoms with E-state index in [0.717, 1.165) is 67.0 Å². The molecule has 8 aromatic rings. The Balaban J connectivity index is 0.900. The minimum atomic E-state index is 0.507. The quantitative estimate of drug-likeness (QED) is 0.175. The molecule has 57 heavy (non-hydrogen) atoms. The third-order valence-corrected chi connectivity index (χ3v) is 15.0. The van der Waals surface area contributed by atoms with E-state index in [-0.39, 0.29) is 0 Å². The fourth-order valence-corrected chi connectivity index (χ4v) is 12.5. The molecular weight excluding hydrogens is 733 g/mol. The molecule has 0 saturated heterocycles. The SMILES string of the molecule is C1=CC(C2CC=C(c3nc(-c4ccccc4)nc(-c4ccc(-n5c6c(c7ccccc75)-c5sc7ccccc7c5CC6)cc4)n3)CC2)=C2Sc3ccccc3C2C1. The van der Waals surface area contributed by atoms with Crippen molar-refractivity contribution in [2.24, 2.45) is 5.92 Å². The second-order valence-electron chi connectivity index (χ2n) is 15.7. The van der Waals surface area contributed by atoms with E-state index in [0.29, 0.717) is 17.7 Å². The van der Waals surface area contributed by atoms with Gasteiger partial charge in [-0.3, -0.25) is 0 Å². The number of nitrogens with zero attached hydrogens (tertiary/aromatic N) is 4. The second-order valence-corrected chi connectivity index (χ2v) is 17.8. The summed E-state index contributed by atoms with van der Waals surface area (Å²) in [5, 5.41) is 2.73. The number of rotatable bonds is 5. The number of benzene rings is 5. The number of hydrogen-bond acceptors (Lipinski definition) is 5. The average molecular weight is 771 g/mol. The number of allylic oxidation sites excluding steroid dienone is 6. The number of aromatic nitrogens is 4. The van der Waals surface area contributed by atoms with Crippen LogP contribution in [0.3, 0.4) is 0 Å². The molecule has 0 N–H and O–H groups in total. The molecule has 4 heterocycles. The van der Waals surface area contributed by atoms with Gasteiger partial charge in [0.05, 0.1) is 5.52 Å². The summed E-state index contributed by atoms with van der Waals surface area (Å²) in [6.45, 7) is 0. The highest BCUT2D eigenvalue weighted by atomic mass is 32.2. The zero-order chi connectivity index (χ0) is 37.5. The minimum absolute atomic E-state index is 0.507. The lowest BCUT2D eigenvalue weighted by Crippen LogP contribution is -2.13. The van der Waals surface area contributed by atoms with Crippen molar-refractivity contribution < 1.29 is 0 Å². The van der Waals surface area contributed by atoms with Crippen molar-refractivity contribution in [3.05, 3.63) is 179 Å². The van der Waals surface area contributed by atoms with Crippen molar-refractivity contribution in [3.63, 3.8) is 0 Å². The maximum absolute atomic E-state index is 5.20. The molecule has 0 spiro atoms. The molecule has 4 aliphatic rings. The minimum Gasteiger partial charge on any atom is -0.313 e. The zero-order valence-electron chi connectivity index (χ0n) is 31.4. The van der Waals surface area contributed by atoms with Crippen LogP contribution in [-0.2, 0) is 12.8 Å². The largest absolute Gasteiger partial charge is 0.313 e. The highest BCUT2D eigenvalue weighted by Gasteiger charge is 2.34. The van der Waals surface area contributed by atoms with E-state index >= 15 is 0 Å². The second kappa shape index (κ2) is 13.4. The summed E-state index contributed by atoms with van der Waals surface area (Å²) in [5.41, 5.74) is 13.0. The highest BCUT2D eigenvalue weighted by Crippen LogP contribution is 2.55. The predicted octanol–water partition coefficient (Wildman–Crippen LogP) is 13.4. The molecule has 0 bridgehead atoms. The van der Waals surface area contributed by atoms with Crippen LogP contribution < -0.4 is 0 Å². The van der Waals surface area contributed by atoms with Crippen molar-refractivity contribution in [1.29, 1.82) is 0 Å². The Hall–Kier alpha value is -5.82. The molecule has 0 amide bonds. The molecule has 3 aromatic heterocycles. The number of aryl methyl sites for hydroxylation is 1. The Morgan fingerprint density at radius 2 is 1.37 bits per heavy atom. The first-order valence-electron chi connectivity index (χ1n) is 20.2. The Kier molecular flexibility index (Phi) is 7.83. The molecule has 12 rings (SSSR count). The van der Waals surface area contributed by atoms with Gasteiger partial charge in [-0.25, -0.2) is 15.0 Å². The standard InChI is InChI=1S/C51H38N4S2/c1-2-11-32(12-3-1)49-52-50(33-23-21-31(22-24-33)36-16-10-17-39-37-13-5-8-19-44(37)56-47(36)39)54-51(53-49)34-25-27-35(28-26-34)55-42-18-7-4-15-41(42)46-43(55)30-29-40-38-14-6-9-20-45(38)57-48(40)46/h1-16,18-20,23,25-28,31,39H,17,21-22,24,29-30H2. The fraction of sp³-hybridized carbons (Fsp3) is 0.157. The summed E-state index contributed by atoms with van der Waals surface area (Å²) < 4.78 is 3.86. The predicted molar refractivity (Wildman–Crippen MR) is 237 cm³/mol. The molecule has 1 aliphatic heterocycles. The summed E-state index contributed by atoms with van der Waals surface area (Å²) in [7, 11) is 0. The van der Waals surface area contributed by atoms with E-state index in [9.17, 15) is 0 Å². The van der Waals surface area contributed by atoms with Crippen LogP contribution in [-0.4, -0.2) is 19.5 Å². The molecule has 6 heteroatoms. The first-order chi connectivity index (χ1) is 28.2. The lowest BCUT2D eigenvalue weighted by atomic mass is 9.79. The summed E-state index contributed by atoms with van der Waals surface area (Å²) in [6, 6.07) is 46.0. The Bertz CT molecular complexity index is 3000. The number of fused-ring (bicyclic) bond motifs is 10. The van der Waals surface area contributed by atoms with Crippen LogP contribution in [0, 0.1) is 5.92 Å². The fourth-order valence-electron chi connectivity index (χ4n) is 9.75. The average Bonchev–Trinajstić information content (AvgIpc) is 3.96. The van der Waals surface area contributed by atoms with Gasteiger partial charge in [-0.15, -0.1) is 11.3 Å². The summed E-state index contributed by atoms with van der Waals surface area (Å²) >= 11 is 3.94. The monoisotopic (exact) mass is 770 g/mol. The van der Waals surface area contributed by atoms with E-state index in [2.05, 4.69) is 144 Å². The maximum Gasteiger partial charge on any atom is 0.164 e. The van der Waals surface area contributed by atoms with Crippen LogP contribution in [0.25, 0.3) is 65.5 Å². The van der Waals surface area contributed by atoms with Gasteiger partial charge in [-0.1, -0.05) is 115 Å². The van der Waals surface area contributed by atoms with Crippen molar-refractivity contribution in [2.75, 3.05) is 0 Å². The number of hydrogen-bond donors (Lipinski definition) is 0. The van der Waals surface area contributed by atoms with E-state index in [4.69, 9.17) is 15.0 Å². The van der Waals surface area contributed by atoms with Gasteiger partial charge in [0.15, 0.2) is 17.5 Å². The summed E-state index contributed by atoms with van der Waals surface area (Å²) in [4.78, 5) is 19.8. The van der Waals surface area contributed by atoms with Crippen molar-refractivity contribution in [3.8, 4) is 38.9 Å². The van der Waals surface area contributed by atoms with Gasteiger partial charge in [0.1, 0.15) is 0 Å². The van der Waals surface area contributed by atoms with E-state index in [1.807, 2.05) is 29.2 Å². The van der Waals surface area contributed by atoms with Gasteiger partial charge in [0.2, 0.25) is 0 Å². The lowest BCUT2D eigenvalue weighted by Gasteiger charge is -2.28. The molecule has 0 saturated carbocycles. The summed E-state index contributed by atoms with van der Waals surface area (Å²) in [6.07, 6.45) is 13.4. The van der Waals surface area contributed by atoms with Crippen molar-refractivity contribution in [1.82, 2.24) is 19.5 Å². The van der Waals surface area contributed by atoms with Crippen LogP contribution in [0.5, 0.6) is 0 Å². The molecular formula is C51H38N4S2. The Morgan fingerprint density at radius 3 is 2.21 bits per heavy atom. The van der Waals surface area contributed by atoms with Gasteiger partial charge in [-0.2, -0.15) is 0 Å². The molecule has 5 aromatic carbocycles. The Morgan fingerprint density at radius 1 is 0.632 bits per heavy atom. The normalized spacial score (nSPS) is 18.4. The lowest BCUT2D eigenvalue weighted by molar-refractivity contribution is 0.560. The highest BCUT2D eigenvalue weighted by molar-refractivity contribution is 8.03. The van der Waals surface area contributed by atoms with Crippen LogP contribution >= 0.6 is 23.1 Å². The molecule has 0 fully saturated rings. The van der Waals surface area contributed by atoms with Crippen LogP contribution in [0.2, 0.25) is 0 Å². The molecule has 0 radical (unpaired) electrons. The van der Waals surface area contributed by atoms with Gasteiger partial charge in [-0.05, 0) is 115 Å². The smallest absolute Gasteiger partial charge is 0.164 e. The molecule has 2 unspecified atom stereocenters. The maximum atomic E-state index is 5.20. The third-order valence-electron chi connectivity index (χ3n) is 12.5. The number of thiophene rings is 1. The first-order valence-corrected chi connectivity index (χ1v) is 21.8. The molecule has 3 aliphatic carbocycles. The van der Waals surface area contributed by atoms with Crippen molar-refractivity contribution >= 4 is 49.7 Å². The molecule has 2 atom stereocenters. The van der Waals surface area contributed by atoms with Crippen LogP contribution in [0.15, 0.2) is 161 Å². The van der Waals surface area contributed by atoms with E-state index in [1.165, 1.54) is 64.3 Å². The third kappa shape index (κ3) is 5.45. The zero-order valence-corrected chi connectivity index (χ0v) is 33.0. The van der Waals surface area contributed by atoms with Crippen LogP contribution in [0.4, 0.5) is 0 Å². The molecule has 4 nitrogen and oxygen atoms in total. The first kappa shape index (κ1) is 33.3. The van der Waals surface area contributed by atoms with Crippen molar-refractivity contribution in [2.45, 2.75) is 49.3 Å². The molecule has 274 valence electrons. The summed E-state index contributed by atoms with van der Waals surface area (Å²) in [5.74, 6) is 3.25. The van der Waals surface area contributed by atoms with Gasteiger partial charge in [0, 0.05) is 58.8 Å². The van der Waals surface area contributed by atoms with Gasteiger partial charge in [0.25, 0.3) is 0 Å². The Labute approximate surface area is 340 Å². The van der Waals surface area contributed by atoms with E-state index < -0.39 is 0 Å².